The molecule has 1 aliphatic carbocycles. The number of amides is 1. The van der Waals surface area contributed by atoms with Gasteiger partial charge in [-0.15, -0.1) is 0 Å². The van der Waals surface area contributed by atoms with Crippen LogP contribution in [0.2, 0.25) is 0 Å². The summed E-state index contributed by atoms with van der Waals surface area (Å²) in [4.78, 5) is 12.6. The highest BCUT2D eigenvalue weighted by molar-refractivity contribution is 7.89. The average molecular weight is 466 g/mol. The monoisotopic (exact) mass is 465 g/mol. The molecule has 1 saturated carbocycles. The van der Waals surface area contributed by atoms with Crippen molar-refractivity contribution in [2.24, 2.45) is 5.14 Å². The molecule has 0 saturated heterocycles. The van der Waals surface area contributed by atoms with Crippen LogP contribution in [0.1, 0.15) is 49.4 Å². The summed E-state index contributed by atoms with van der Waals surface area (Å²) in [6, 6.07) is 11.3. The molecule has 0 aliphatic heterocycles. The van der Waals surface area contributed by atoms with Crippen LogP contribution in [0.5, 0.6) is 0 Å². The third-order valence-electron chi connectivity index (χ3n) is 5.46. The Morgan fingerprint density at radius 3 is 2.00 bits per heavy atom. The van der Waals surface area contributed by atoms with Crippen LogP contribution in [0.15, 0.2) is 58.3 Å². The van der Waals surface area contributed by atoms with Crippen molar-refractivity contribution in [3.63, 3.8) is 0 Å². The first-order chi connectivity index (χ1) is 14.6. The standard InChI is InChI=1S/C21H27N3O5S2/c1-2-24(18-6-4-3-5-7-18)31(28,29)20-12-8-16(9-13-20)21(25)23-17-10-14-19(15-11-17)30(22,26)27/h8-15,18H,2-7H2,1H3,(H,23,25)(H2,22,26,27). The molecule has 0 radical (unpaired) electrons. The molecule has 168 valence electrons. The second-order valence-corrected chi connectivity index (χ2v) is 11.0. The third-order valence-corrected chi connectivity index (χ3v) is 8.43. The lowest BCUT2D eigenvalue weighted by Crippen LogP contribution is -2.41. The Labute approximate surface area is 183 Å². The van der Waals surface area contributed by atoms with Gasteiger partial charge in [0, 0.05) is 23.8 Å². The lowest BCUT2D eigenvalue weighted by molar-refractivity contribution is 0.102. The van der Waals surface area contributed by atoms with E-state index < -0.39 is 26.0 Å². The number of nitrogens with zero attached hydrogens (tertiary/aromatic N) is 1. The minimum atomic E-state index is -3.81. The van der Waals surface area contributed by atoms with Gasteiger partial charge in [-0.2, -0.15) is 4.31 Å². The molecule has 1 fully saturated rings. The Kier molecular flexibility index (Phi) is 7.15. The molecule has 0 heterocycles. The lowest BCUT2D eigenvalue weighted by Gasteiger charge is -2.32. The molecule has 0 aromatic heterocycles. The van der Waals surface area contributed by atoms with Gasteiger partial charge >= 0.3 is 0 Å². The van der Waals surface area contributed by atoms with Crippen LogP contribution in [0.4, 0.5) is 5.69 Å². The van der Waals surface area contributed by atoms with Crippen molar-refractivity contribution in [2.75, 3.05) is 11.9 Å². The zero-order chi connectivity index (χ0) is 22.6. The van der Waals surface area contributed by atoms with Gasteiger partial charge in [-0.1, -0.05) is 26.2 Å². The summed E-state index contributed by atoms with van der Waals surface area (Å²) in [5.41, 5.74) is 0.679. The molecule has 1 amide bonds. The number of nitrogens with one attached hydrogen (secondary N) is 1. The van der Waals surface area contributed by atoms with E-state index >= 15 is 0 Å². The highest BCUT2D eigenvalue weighted by atomic mass is 32.2. The quantitative estimate of drug-likeness (QED) is 0.650. The van der Waals surface area contributed by atoms with E-state index in [4.69, 9.17) is 5.14 Å². The zero-order valence-corrected chi connectivity index (χ0v) is 19.0. The van der Waals surface area contributed by atoms with Crippen molar-refractivity contribution < 1.29 is 21.6 Å². The van der Waals surface area contributed by atoms with E-state index in [1.165, 1.54) is 48.5 Å². The Balaban J connectivity index is 1.73. The number of hydrogen-bond acceptors (Lipinski definition) is 5. The summed E-state index contributed by atoms with van der Waals surface area (Å²) in [6.07, 6.45) is 4.96. The summed E-state index contributed by atoms with van der Waals surface area (Å²) in [7, 11) is -7.45. The van der Waals surface area contributed by atoms with Gasteiger partial charge in [-0.05, 0) is 61.4 Å². The predicted octanol–water partition coefficient (Wildman–Crippen LogP) is 2.93. The van der Waals surface area contributed by atoms with Crippen LogP contribution in [0.25, 0.3) is 0 Å². The van der Waals surface area contributed by atoms with E-state index in [0.29, 0.717) is 12.2 Å². The SMILES string of the molecule is CCN(C1CCCCC1)S(=O)(=O)c1ccc(C(=O)Nc2ccc(S(N)(=O)=O)cc2)cc1. The van der Waals surface area contributed by atoms with Crippen LogP contribution in [-0.4, -0.2) is 39.6 Å². The molecule has 1 aliphatic rings. The maximum atomic E-state index is 13.1. The fraction of sp³-hybridized carbons (Fsp3) is 0.381. The average Bonchev–Trinajstić information content (AvgIpc) is 2.74. The van der Waals surface area contributed by atoms with E-state index in [9.17, 15) is 21.6 Å². The first kappa shape index (κ1) is 23.4. The normalized spacial score (nSPS) is 15.7. The summed E-state index contributed by atoms with van der Waals surface area (Å²) in [6.45, 7) is 2.25. The van der Waals surface area contributed by atoms with E-state index in [1.807, 2.05) is 6.92 Å². The number of rotatable bonds is 7. The Morgan fingerprint density at radius 1 is 0.935 bits per heavy atom. The summed E-state index contributed by atoms with van der Waals surface area (Å²) in [5.74, 6) is -0.438. The Morgan fingerprint density at radius 2 is 1.48 bits per heavy atom. The smallest absolute Gasteiger partial charge is 0.255 e. The molecule has 10 heteroatoms. The minimum absolute atomic E-state index is 0.0204. The van der Waals surface area contributed by atoms with Crippen molar-refractivity contribution >= 4 is 31.6 Å². The number of anilines is 1. The molecular formula is C21H27N3O5S2. The molecule has 31 heavy (non-hydrogen) atoms. The molecular weight excluding hydrogens is 438 g/mol. The molecule has 0 unspecified atom stereocenters. The number of sulfonamides is 2. The van der Waals surface area contributed by atoms with E-state index in [-0.39, 0.29) is 21.4 Å². The fourth-order valence-corrected chi connectivity index (χ4v) is 6.05. The summed E-state index contributed by atoms with van der Waals surface area (Å²) >= 11 is 0. The molecule has 0 bridgehead atoms. The van der Waals surface area contributed by atoms with Gasteiger partial charge in [-0.3, -0.25) is 4.79 Å². The van der Waals surface area contributed by atoms with Crippen molar-refractivity contribution in [1.82, 2.24) is 4.31 Å². The Bertz CT molecular complexity index is 1120. The van der Waals surface area contributed by atoms with Gasteiger partial charge < -0.3 is 5.32 Å². The molecule has 3 N–H and O–H groups in total. The van der Waals surface area contributed by atoms with Crippen LogP contribution in [0.3, 0.4) is 0 Å². The molecule has 2 aromatic rings. The van der Waals surface area contributed by atoms with Gasteiger partial charge in [0.15, 0.2) is 0 Å². The van der Waals surface area contributed by atoms with Gasteiger partial charge in [0.1, 0.15) is 0 Å². The van der Waals surface area contributed by atoms with Gasteiger partial charge in [0.05, 0.1) is 9.79 Å². The Hall–Kier alpha value is -2.27. The van der Waals surface area contributed by atoms with Crippen LogP contribution in [-0.2, 0) is 20.0 Å². The van der Waals surface area contributed by atoms with Crippen LogP contribution in [0, 0.1) is 0 Å². The topological polar surface area (TPSA) is 127 Å². The van der Waals surface area contributed by atoms with Gasteiger partial charge in [0.25, 0.3) is 5.91 Å². The molecule has 8 nitrogen and oxygen atoms in total. The van der Waals surface area contributed by atoms with Crippen molar-refractivity contribution in [3.05, 3.63) is 54.1 Å². The number of benzene rings is 2. The maximum absolute atomic E-state index is 13.1. The van der Waals surface area contributed by atoms with Crippen LogP contribution >= 0.6 is 0 Å². The second-order valence-electron chi connectivity index (χ2n) is 7.55. The van der Waals surface area contributed by atoms with E-state index in [1.54, 1.807) is 4.31 Å². The number of carbonyl (C=O) groups is 1. The van der Waals surface area contributed by atoms with E-state index in [2.05, 4.69) is 5.32 Å². The molecule has 0 spiro atoms. The summed E-state index contributed by atoms with van der Waals surface area (Å²) in [5, 5.41) is 7.71. The number of nitrogens with two attached hydrogens (primary N) is 1. The van der Waals surface area contributed by atoms with Crippen molar-refractivity contribution in [1.29, 1.82) is 0 Å². The van der Waals surface area contributed by atoms with Crippen molar-refractivity contribution in [3.8, 4) is 0 Å². The first-order valence-corrected chi connectivity index (χ1v) is 13.2. The molecule has 2 aromatic carbocycles. The highest BCUT2D eigenvalue weighted by Gasteiger charge is 2.31. The highest BCUT2D eigenvalue weighted by Crippen LogP contribution is 2.27. The largest absolute Gasteiger partial charge is 0.322 e. The zero-order valence-electron chi connectivity index (χ0n) is 17.3. The van der Waals surface area contributed by atoms with Crippen LogP contribution < -0.4 is 10.5 Å². The predicted molar refractivity (Wildman–Crippen MR) is 119 cm³/mol. The third kappa shape index (κ3) is 5.51. The van der Waals surface area contributed by atoms with Crippen molar-refractivity contribution in [2.45, 2.75) is 54.9 Å². The van der Waals surface area contributed by atoms with E-state index in [0.717, 1.165) is 32.1 Å². The second kappa shape index (κ2) is 9.47. The molecule has 0 atom stereocenters. The fourth-order valence-electron chi connectivity index (χ4n) is 3.84. The first-order valence-electron chi connectivity index (χ1n) is 10.2. The van der Waals surface area contributed by atoms with Gasteiger partial charge in [0.2, 0.25) is 20.0 Å². The summed E-state index contributed by atoms with van der Waals surface area (Å²) < 4.78 is 50.4. The van der Waals surface area contributed by atoms with Gasteiger partial charge in [-0.25, -0.2) is 22.0 Å². The lowest BCUT2D eigenvalue weighted by atomic mass is 9.95. The number of primary sulfonamides is 1. The number of hydrogen-bond donors (Lipinski definition) is 2. The minimum Gasteiger partial charge on any atom is -0.322 e. The number of carbonyl (C=O) groups excluding carboxylic acids is 1. The molecule has 3 rings (SSSR count). The maximum Gasteiger partial charge on any atom is 0.255 e.